The molecule has 1 heterocycles. The Morgan fingerprint density at radius 2 is 1.89 bits per heavy atom. The molecule has 0 bridgehead atoms. The van der Waals surface area contributed by atoms with Crippen molar-refractivity contribution in [3.8, 4) is 0 Å². The van der Waals surface area contributed by atoms with Crippen LogP contribution in [0.2, 0.25) is 0 Å². The first-order valence-corrected chi connectivity index (χ1v) is 6.57. The topological polar surface area (TPSA) is 70.1 Å². The van der Waals surface area contributed by atoms with Gasteiger partial charge in [0, 0.05) is 18.0 Å². The van der Waals surface area contributed by atoms with Crippen LogP contribution in [0, 0.1) is 0 Å². The Morgan fingerprint density at radius 3 is 2.32 bits per heavy atom. The van der Waals surface area contributed by atoms with Gasteiger partial charge in [-0.3, -0.25) is 0 Å². The molecule has 0 aromatic carbocycles. The molecule has 0 aliphatic heterocycles. The molecule has 0 aliphatic rings. The van der Waals surface area contributed by atoms with Crippen molar-refractivity contribution in [2.75, 3.05) is 6.54 Å². The summed E-state index contributed by atoms with van der Waals surface area (Å²) in [6.45, 7) is 12.1. The smallest absolute Gasteiger partial charge is 0.420 e. The van der Waals surface area contributed by atoms with Gasteiger partial charge in [0.1, 0.15) is 11.4 Å². The van der Waals surface area contributed by atoms with Gasteiger partial charge in [0.25, 0.3) is 0 Å². The van der Waals surface area contributed by atoms with Crippen LogP contribution in [-0.2, 0) is 16.6 Å². The van der Waals surface area contributed by atoms with E-state index in [-0.39, 0.29) is 5.41 Å². The molecule has 0 spiro atoms. The molecule has 0 radical (unpaired) electrons. The van der Waals surface area contributed by atoms with E-state index in [1.165, 1.54) is 0 Å². The molecule has 0 saturated carbocycles. The molecule has 0 atom stereocenters. The van der Waals surface area contributed by atoms with E-state index in [2.05, 4.69) is 4.98 Å². The van der Waals surface area contributed by atoms with Crippen LogP contribution < -0.4 is 5.73 Å². The van der Waals surface area contributed by atoms with Gasteiger partial charge in [-0.05, 0) is 27.3 Å². The van der Waals surface area contributed by atoms with Crippen LogP contribution in [0.1, 0.15) is 53.1 Å². The number of hydrogen-bond acceptors (Lipinski definition) is 4. The Morgan fingerprint density at radius 1 is 1.32 bits per heavy atom. The highest BCUT2D eigenvalue weighted by Crippen LogP contribution is 2.23. The predicted octanol–water partition coefficient (Wildman–Crippen LogP) is 2.47. The van der Waals surface area contributed by atoms with E-state index in [4.69, 9.17) is 10.5 Å². The third kappa shape index (κ3) is 4.06. The molecule has 0 aliphatic carbocycles. The first kappa shape index (κ1) is 15.7. The highest BCUT2D eigenvalue weighted by atomic mass is 16.6. The Kier molecular flexibility index (Phi) is 4.40. The van der Waals surface area contributed by atoms with Crippen LogP contribution in [0.25, 0.3) is 0 Å². The lowest BCUT2D eigenvalue weighted by Crippen LogP contribution is -2.32. The maximum Gasteiger partial charge on any atom is 0.420 e. The van der Waals surface area contributed by atoms with E-state index >= 15 is 0 Å². The maximum absolute atomic E-state index is 12.3. The summed E-state index contributed by atoms with van der Waals surface area (Å²) in [6.07, 6.45) is 1.91. The van der Waals surface area contributed by atoms with E-state index in [1.54, 1.807) is 10.8 Å². The lowest BCUT2D eigenvalue weighted by molar-refractivity contribution is 0.0522. The molecular formula is C14H25N3O2. The van der Waals surface area contributed by atoms with Gasteiger partial charge in [0.2, 0.25) is 0 Å². The summed E-state index contributed by atoms with van der Waals surface area (Å²) in [5.74, 6) is 0.699. The molecule has 0 amide bonds. The summed E-state index contributed by atoms with van der Waals surface area (Å²) in [7, 11) is 0. The first-order chi connectivity index (χ1) is 8.56. The van der Waals surface area contributed by atoms with Gasteiger partial charge in [-0.25, -0.2) is 14.3 Å². The Bertz CT molecular complexity index is 450. The van der Waals surface area contributed by atoms with Crippen LogP contribution >= 0.6 is 0 Å². The van der Waals surface area contributed by atoms with E-state index in [0.717, 1.165) is 5.69 Å². The summed E-state index contributed by atoms with van der Waals surface area (Å²) in [4.78, 5) is 16.7. The standard InChI is InChI=1S/C14H25N3O2/c1-13(2,3)11-16-9-10(7-8-15)17(11)12(18)19-14(4,5)6/h9H,7-8,15H2,1-6H3. The Labute approximate surface area is 115 Å². The fourth-order valence-corrected chi connectivity index (χ4v) is 1.75. The number of carbonyl (C=O) groups excluding carboxylic acids is 1. The van der Waals surface area contributed by atoms with Gasteiger partial charge >= 0.3 is 6.09 Å². The molecule has 108 valence electrons. The zero-order valence-electron chi connectivity index (χ0n) is 12.8. The lowest BCUT2D eigenvalue weighted by Gasteiger charge is -2.24. The molecular weight excluding hydrogens is 242 g/mol. The number of ether oxygens (including phenoxy) is 1. The van der Waals surface area contributed by atoms with Gasteiger partial charge in [0.05, 0.1) is 5.69 Å². The molecule has 5 nitrogen and oxygen atoms in total. The molecule has 0 fully saturated rings. The minimum absolute atomic E-state index is 0.232. The number of aromatic nitrogens is 2. The van der Waals surface area contributed by atoms with Gasteiger partial charge < -0.3 is 10.5 Å². The normalized spacial score (nSPS) is 12.6. The largest absolute Gasteiger partial charge is 0.443 e. The van der Waals surface area contributed by atoms with Gasteiger partial charge in [0.15, 0.2) is 0 Å². The average molecular weight is 267 g/mol. The van der Waals surface area contributed by atoms with Crippen molar-refractivity contribution in [2.45, 2.75) is 59.0 Å². The average Bonchev–Trinajstić information content (AvgIpc) is 2.58. The van der Waals surface area contributed by atoms with Gasteiger partial charge in [-0.15, -0.1) is 0 Å². The van der Waals surface area contributed by atoms with Crippen molar-refractivity contribution in [2.24, 2.45) is 5.73 Å². The second-order valence-electron chi connectivity index (χ2n) is 6.68. The van der Waals surface area contributed by atoms with E-state index in [9.17, 15) is 4.79 Å². The summed E-state index contributed by atoms with van der Waals surface area (Å²) in [5, 5.41) is 0. The van der Waals surface area contributed by atoms with Crippen LogP contribution in [-0.4, -0.2) is 27.8 Å². The first-order valence-electron chi connectivity index (χ1n) is 6.57. The van der Waals surface area contributed by atoms with Crippen LogP contribution in [0.4, 0.5) is 4.79 Å². The van der Waals surface area contributed by atoms with Crippen molar-refractivity contribution < 1.29 is 9.53 Å². The second kappa shape index (κ2) is 5.33. The van der Waals surface area contributed by atoms with E-state index in [0.29, 0.717) is 18.8 Å². The molecule has 0 unspecified atom stereocenters. The van der Waals surface area contributed by atoms with Crippen molar-refractivity contribution in [3.63, 3.8) is 0 Å². The molecule has 19 heavy (non-hydrogen) atoms. The minimum atomic E-state index is -0.531. The number of nitrogens with two attached hydrogens (primary N) is 1. The third-order valence-electron chi connectivity index (χ3n) is 2.48. The summed E-state index contributed by atoms with van der Waals surface area (Å²) >= 11 is 0. The third-order valence-corrected chi connectivity index (χ3v) is 2.48. The molecule has 1 aromatic rings. The van der Waals surface area contributed by atoms with Crippen LogP contribution in [0.15, 0.2) is 6.20 Å². The lowest BCUT2D eigenvalue weighted by atomic mass is 9.96. The molecule has 1 aromatic heterocycles. The van der Waals surface area contributed by atoms with Crippen molar-refractivity contribution >= 4 is 6.09 Å². The van der Waals surface area contributed by atoms with Crippen molar-refractivity contribution in [3.05, 3.63) is 17.7 Å². The molecule has 1 rings (SSSR count). The number of rotatable bonds is 2. The number of carbonyl (C=O) groups is 1. The molecule has 0 saturated heterocycles. The van der Waals surface area contributed by atoms with E-state index < -0.39 is 11.7 Å². The number of nitrogens with zero attached hydrogens (tertiary/aromatic N) is 2. The van der Waals surface area contributed by atoms with Gasteiger partial charge in [-0.1, -0.05) is 20.8 Å². The zero-order valence-corrected chi connectivity index (χ0v) is 12.8. The SMILES string of the molecule is CC(C)(C)OC(=O)n1c(CCN)cnc1C(C)(C)C. The second-order valence-corrected chi connectivity index (χ2v) is 6.68. The minimum Gasteiger partial charge on any atom is -0.443 e. The van der Waals surface area contributed by atoms with Crippen molar-refractivity contribution in [1.29, 1.82) is 0 Å². The zero-order chi connectivity index (χ0) is 14.8. The monoisotopic (exact) mass is 267 g/mol. The number of hydrogen-bond donors (Lipinski definition) is 1. The Hall–Kier alpha value is -1.36. The number of imidazole rings is 1. The maximum atomic E-state index is 12.3. The summed E-state index contributed by atoms with van der Waals surface area (Å²) < 4.78 is 7.00. The summed E-state index contributed by atoms with van der Waals surface area (Å²) in [5.41, 5.74) is 5.61. The Balaban J connectivity index is 3.21. The van der Waals surface area contributed by atoms with E-state index in [1.807, 2.05) is 41.5 Å². The van der Waals surface area contributed by atoms with Gasteiger partial charge in [-0.2, -0.15) is 0 Å². The molecule has 2 N–H and O–H groups in total. The van der Waals surface area contributed by atoms with Crippen LogP contribution in [0.5, 0.6) is 0 Å². The summed E-state index contributed by atoms with van der Waals surface area (Å²) in [6, 6.07) is 0. The molecule has 5 heteroatoms. The van der Waals surface area contributed by atoms with Crippen LogP contribution in [0.3, 0.4) is 0 Å². The highest BCUT2D eigenvalue weighted by Gasteiger charge is 2.28. The highest BCUT2D eigenvalue weighted by molar-refractivity contribution is 5.73. The van der Waals surface area contributed by atoms with Crippen molar-refractivity contribution in [1.82, 2.24) is 9.55 Å². The fraction of sp³-hybridized carbons (Fsp3) is 0.714. The fourth-order valence-electron chi connectivity index (χ4n) is 1.75. The predicted molar refractivity (Wildman–Crippen MR) is 75.3 cm³/mol. The quantitative estimate of drug-likeness (QED) is 0.893.